The maximum Gasteiger partial charge on any atom is 0.279 e. The average molecular weight is 237 g/mol. The van der Waals surface area contributed by atoms with Gasteiger partial charge in [0.25, 0.3) is 10.5 Å². The van der Waals surface area contributed by atoms with Gasteiger partial charge in [-0.25, -0.2) is 0 Å². The molecule has 0 aliphatic heterocycles. The molecule has 0 heterocycles. The predicted molar refractivity (Wildman–Crippen MR) is 61.6 cm³/mol. The van der Waals surface area contributed by atoms with Gasteiger partial charge < -0.3 is 16.4 Å². The summed E-state index contributed by atoms with van der Waals surface area (Å²) in [6, 6.07) is 0. The molecule has 0 radical (unpaired) electrons. The predicted octanol–water partition coefficient (Wildman–Crippen LogP) is 0.619. The topological polar surface area (TPSA) is 84.2 Å². The molecular weight excluding hydrogens is 222 g/mol. The molecule has 1 unspecified atom stereocenters. The van der Waals surface area contributed by atoms with E-state index in [1.807, 2.05) is 6.92 Å². The van der Waals surface area contributed by atoms with Crippen LogP contribution >= 0.6 is 24.4 Å². The van der Waals surface area contributed by atoms with Crippen LogP contribution < -0.4 is 16.4 Å². The van der Waals surface area contributed by atoms with Crippen molar-refractivity contribution in [3.63, 3.8) is 0 Å². The van der Waals surface area contributed by atoms with E-state index in [9.17, 15) is 9.59 Å². The first-order valence-electron chi connectivity index (χ1n) is 4.04. The Morgan fingerprint density at radius 2 is 2.14 bits per heavy atom. The van der Waals surface area contributed by atoms with Crippen LogP contribution in [0, 0.1) is 5.92 Å². The first-order chi connectivity index (χ1) is 6.47. The highest BCUT2D eigenvalue weighted by molar-refractivity contribution is 8.12. The van der Waals surface area contributed by atoms with Crippen molar-refractivity contribution in [1.29, 1.82) is 0 Å². The van der Waals surface area contributed by atoms with Gasteiger partial charge in [-0.15, -0.1) is 0 Å². The molecule has 2 amide bonds. The highest BCUT2D eigenvalue weighted by Crippen LogP contribution is 2.00. The van der Waals surface area contributed by atoms with Crippen LogP contribution in [0.3, 0.4) is 0 Å². The maximum absolute atomic E-state index is 10.9. The molecule has 14 heavy (non-hydrogen) atoms. The third-order valence-corrected chi connectivity index (χ3v) is 2.30. The Hall–Kier alpha value is -0.400. The number of carbonyl (C=O) groups excluding carboxylic acids is 2. The third kappa shape index (κ3) is 6.11. The molecule has 5 nitrogen and oxygen atoms in total. The Morgan fingerprint density at radius 3 is 2.57 bits per heavy atom. The van der Waals surface area contributed by atoms with Gasteiger partial charge in [0.15, 0.2) is 0 Å². The number of thiol groups is 1. The van der Waals surface area contributed by atoms with Gasteiger partial charge in [-0.2, -0.15) is 0 Å². The number of nitrogens with one attached hydrogen (secondary N) is 2. The Balaban J connectivity index is 3.80. The Kier molecular flexibility index (Phi) is 6.77. The van der Waals surface area contributed by atoms with Gasteiger partial charge in [-0.3, -0.25) is 9.59 Å². The lowest BCUT2D eigenvalue weighted by molar-refractivity contribution is 0.250. The van der Waals surface area contributed by atoms with Crippen molar-refractivity contribution in [3.05, 3.63) is 0 Å². The fourth-order valence-electron chi connectivity index (χ4n) is 0.713. The van der Waals surface area contributed by atoms with Crippen molar-refractivity contribution < 1.29 is 9.59 Å². The lowest BCUT2D eigenvalue weighted by Crippen LogP contribution is -2.47. The number of rotatable bonds is 4. The highest BCUT2D eigenvalue weighted by Gasteiger charge is 2.14. The lowest BCUT2D eigenvalue weighted by Gasteiger charge is -2.20. The van der Waals surface area contributed by atoms with Crippen LogP contribution in [0.2, 0.25) is 0 Å². The van der Waals surface area contributed by atoms with Crippen molar-refractivity contribution in [3.8, 4) is 0 Å². The second-order valence-electron chi connectivity index (χ2n) is 2.83. The summed E-state index contributed by atoms with van der Waals surface area (Å²) in [6.45, 7) is 2.22. The number of amides is 2. The number of hydrogen-bond donors (Lipinski definition) is 4. The SMILES string of the molecule is CSC(=O)N[C@H](N)C(C)CNC(=O)S. The lowest BCUT2D eigenvalue weighted by atomic mass is 10.1. The van der Waals surface area contributed by atoms with E-state index in [1.165, 1.54) is 0 Å². The molecule has 0 bridgehead atoms. The van der Waals surface area contributed by atoms with Crippen molar-refractivity contribution in [2.24, 2.45) is 11.7 Å². The van der Waals surface area contributed by atoms with Gasteiger partial charge in [-0.05, 0) is 6.26 Å². The number of hydrogen-bond acceptors (Lipinski definition) is 4. The first kappa shape index (κ1) is 13.6. The van der Waals surface area contributed by atoms with Gasteiger partial charge in [0.05, 0.1) is 6.17 Å². The summed E-state index contributed by atoms with van der Waals surface area (Å²) in [7, 11) is 0. The molecule has 0 aliphatic rings. The largest absolute Gasteiger partial charge is 0.347 e. The zero-order chi connectivity index (χ0) is 11.1. The smallest absolute Gasteiger partial charge is 0.279 e. The van der Waals surface area contributed by atoms with Gasteiger partial charge >= 0.3 is 0 Å². The van der Waals surface area contributed by atoms with Gasteiger partial charge in [0.1, 0.15) is 0 Å². The molecule has 82 valence electrons. The fraction of sp³-hybridized carbons (Fsp3) is 0.714. The molecule has 0 spiro atoms. The Morgan fingerprint density at radius 1 is 1.57 bits per heavy atom. The van der Waals surface area contributed by atoms with Gasteiger partial charge in [0, 0.05) is 12.5 Å². The standard InChI is InChI=1S/C7H15N3O2S2/c1-4(3-9-6(11)13)5(8)10-7(12)14-2/h4-5H,3,8H2,1-2H3,(H,10,12)(H2,9,11,13)/t4?,5-/m0/s1. The minimum absolute atomic E-state index is 0.0396. The quantitative estimate of drug-likeness (QED) is 0.426. The van der Waals surface area contributed by atoms with Crippen molar-refractivity contribution >= 4 is 34.9 Å². The van der Waals surface area contributed by atoms with Crippen LogP contribution in [0.1, 0.15) is 6.92 Å². The summed E-state index contributed by atoms with van der Waals surface area (Å²) < 4.78 is 0. The molecule has 0 aliphatic carbocycles. The summed E-state index contributed by atoms with van der Waals surface area (Å²) in [4.78, 5) is 21.4. The molecule has 7 heteroatoms. The zero-order valence-electron chi connectivity index (χ0n) is 8.11. The first-order valence-corrected chi connectivity index (χ1v) is 5.71. The molecule has 0 aromatic heterocycles. The summed E-state index contributed by atoms with van der Waals surface area (Å²) in [5, 5.41) is 4.50. The summed E-state index contributed by atoms with van der Waals surface area (Å²) >= 11 is 4.61. The molecule has 0 aromatic rings. The van der Waals surface area contributed by atoms with E-state index >= 15 is 0 Å². The van der Waals surface area contributed by atoms with Crippen LogP contribution in [0.15, 0.2) is 0 Å². The summed E-state index contributed by atoms with van der Waals surface area (Å²) in [5.74, 6) is -0.0396. The minimum Gasteiger partial charge on any atom is -0.347 e. The van der Waals surface area contributed by atoms with Crippen molar-refractivity contribution in [1.82, 2.24) is 10.6 Å². The van der Waals surface area contributed by atoms with E-state index in [4.69, 9.17) is 5.73 Å². The van der Waals surface area contributed by atoms with E-state index in [1.54, 1.807) is 6.26 Å². The number of nitrogens with two attached hydrogens (primary N) is 1. The molecule has 0 saturated carbocycles. The molecule has 2 atom stereocenters. The molecule has 0 aromatic carbocycles. The highest BCUT2D eigenvalue weighted by atomic mass is 32.2. The normalized spacial score (nSPS) is 14.3. The van der Waals surface area contributed by atoms with E-state index in [2.05, 4.69) is 23.3 Å². The zero-order valence-corrected chi connectivity index (χ0v) is 9.82. The summed E-state index contributed by atoms with van der Waals surface area (Å²) in [5.41, 5.74) is 5.66. The monoisotopic (exact) mass is 237 g/mol. The van der Waals surface area contributed by atoms with Crippen LogP contribution in [0.25, 0.3) is 0 Å². The van der Waals surface area contributed by atoms with Crippen LogP contribution in [-0.4, -0.2) is 29.4 Å². The number of carbonyl (C=O) groups is 2. The van der Waals surface area contributed by atoms with Crippen molar-refractivity contribution in [2.45, 2.75) is 13.1 Å². The molecular formula is C7H15N3O2S2. The molecule has 0 fully saturated rings. The minimum atomic E-state index is -0.463. The van der Waals surface area contributed by atoms with E-state index in [0.29, 0.717) is 6.54 Å². The van der Waals surface area contributed by atoms with Crippen LogP contribution in [0.5, 0.6) is 0 Å². The Bertz CT molecular complexity index is 213. The fourth-order valence-corrected chi connectivity index (χ4v) is 1.06. The average Bonchev–Trinajstić information content (AvgIpc) is 2.13. The van der Waals surface area contributed by atoms with E-state index in [-0.39, 0.29) is 11.2 Å². The van der Waals surface area contributed by atoms with Gasteiger partial charge in [-0.1, -0.05) is 31.3 Å². The van der Waals surface area contributed by atoms with E-state index < -0.39 is 11.4 Å². The number of thioether (sulfide) groups is 1. The van der Waals surface area contributed by atoms with E-state index in [0.717, 1.165) is 11.8 Å². The van der Waals surface area contributed by atoms with Crippen molar-refractivity contribution in [2.75, 3.05) is 12.8 Å². The summed E-state index contributed by atoms with van der Waals surface area (Å²) in [6.07, 6.45) is 1.21. The van der Waals surface area contributed by atoms with Gasteiger partial charge in [0.2, 0.25) is 0 Å². The maximum atomic E-state index is 10.9. The second-order valence-corrected chi connectivity index (χ2v) is 4.01. The molecule has 0 rings (SSSR count). The Labute approximate surface area is 93.0 Å². The second kappa shape index (κ2) is 6.97. The van der Waals surface area contributed by atoms with Crippen LogP contribution in [-0.2, 0) is 0 Å². The molecule has 0 saturated heterocycles. The molecule has 4 N–H and O–H groups in total. The third-order valence-electron chi connectivity index (χ3n) is 1.66. The van der Waals surface area contributed by atoms with Crippen LogP contribution in [0.4, 0.5) is 9.59 Å².